The largest absolute Gasteiger partial charge is 0.295 e. The highest BCUT2D eigenvalue weighted by Gasteiger charge is 2.25. The molecule has 2 aliphatic carbocycles. The van der Waals surface area contributed by atoms with E-state index >= 15 is 0 Å². The Hall–Kier alpha value is -3.04. The highest BCUT2D eigenvalue weighted by atomic mass is 19.1. The smallest absolute Gasteiger partial charge is 0.126 e. The van der Waals surface area contributed by atoms with Crippen molar-refractivity contribution < 1.29 is 8.78 Å². The normalized spacial score (nSPS) is 17.4. The number of allylic oxidation sites excluding steroid dienone is 1. The molecule has 0 radical (unpaired) electrons. The summed E-state index contributed by atoms with van der Waals surface area (Å²) in [5, 5.41) is 0. The van der Waals surface area contributed by atoms with E-state index in [1.165, 1.54) is 50.1 Å². The topological polar surface area (TPSA) is 3.24 Å². The highest BCUT2D eigenvalue weighted by Crippen LogP contribution is 2.43. The van der Waals surface area contributed by atoms with E-state index in [9.17, 15) is 8.78 Å². The Balaban J connectivity index is 1.40. The molecule has 1 saturated heterocycles. The van der Waals surface area contributed by atoms with E-state index in [0.29, 0.717) is 6.42 Å². The van der Waals surface area contributed by atoms with Crippen molar-refractivity contribution in [2.45, 2.75) is 44.9 Å². The molecule has 3 aromatic rings. The van der Waals surface area contributed by atoms with Crippen LogP contribution in [-0.2, 0) is 19.3 Å². The van der Waals surface area contributed by atoms with E-state index in [-0.39, 0.29) is 12.5 Å². The van der Waals surface area contributed by atoms with Crippen LogP contribution >= 0.6 is 0 Å². The average Bonchev–Trinajstić information content (AvgIpc) is 3.30. The Labute approximate surface area is 213 Å². The lowest BCUT2D eigenvalue weighted by Gasteiger charge is -2.33. The lowest BCUT2D eigenvalue weighted by Crippen LogP contribution is -2.40. The van der Waals surface area contributed by atoms with Crippen LogP contribution in [0.5, 0.6) is 0 Å². The maximum absolute atomic E-state index is 14.6. The van der Waals surface area contributed by atoms with Crippen molar-refractivity contribution in [3.8, 4) is 0 Å². The van der Waals surface area contributed by atoms with Crippen molar-refractivity contribution in [2.75, 3.05) is 26.3 Å². The Morgan fingerprint density at radius 2 is 1.56 bits per heavy atom. The van der Waals surface area contributed by atoms with Crippen molar-refractivity contribution in [1.29, 1.82) is 0 Å². The summed E-state index contributed by atoms with van der Waals surface area (Å²) in [4.78, 5) is 2.29. The van der Waals surface area contributed by atoms with Gasteiger partial charge in [-0.2, -0.15) is 0 Å². The molecule has 0 unspecified atom stereocenters. The third-order valence-corrected chi connectivity index (χ3v) is 8.05. The maximum atomic E-state index is 14.6. The number of hydrogen-bond donors (Lipinski definition) is 0. The van der Waals surface area contributed by atoms with Gasteiger partial charge in [0.15, 0.2) is 0 Å². The Bertz CT molecular complexity index is 1320. The standard InChI is InChI=1S/C33H33F2N/c34-18-5-19-36-21-24(22-36)20-23-12-14-26(15-13-23)33-27-8-2-1-6-25(27)7-3-11-31(33)29-16-17-32(35)30-10-4-9-28(29)30/h1-2,6,8,12-17,20H,3-5,7,9-11,18-19,21-22H2. The Morgan fingerprint density at radius 1 is 0.778 bits per heavy atom. The van der Waals surface area contributed by atoms with E-state index in [4.69, 9.17) is 0 Å². The molecule has 3 aromatic carbocycles. The predicted octanol–water partition coefficient (Wildman–Crippen LogP) is 7.67. The molecule has 1 heterocycles. The van der Waals surface area contributed by atoms with Crippen LogP contribution in [0.3, 0.4) is 0 Å². The van der Waals surface area contributed by atoms with E-state index in [0.717, 1.165) is 63.7 Å². The number of halogens is 2. The van der Waals surface area contributed by atoms with Crippen molar-refractivity contribution in [1.82, 2.24) is 4.90 Å². The molecular formula is C33H33F2N. The first-order valence-electron chi connectivity index (χ1n) is 13.4. The van der Waals surface area contributed by atoms with Crippen molar-refractivity contribution in [3.63, 3.8) is 0 Å². The maximum Gasteiger partial charge on any atom is 0.126 e. The minimum absolute atomic E-state index is 0.0425. The molecule has 6 rings (SSSR count). The van der Waals surface area contributed by atoms with Gasteiger partial charge >= 0.3 is 0 Å². The molecule has 0 bridgehead atoms. The minimum Gasteiger partial charge on any atom is -0.295 e. The summed E-state index contributed by atoms with van der Waals surface area (Å²) < 4.78 is 27.0. The van der Waals surface area contributed by atoms with E-state index in [1.807, 2.05) is 6.07 Å². The van der Waals surface area contributed by atoms with Gasteiger partial charge in [0.25, 0.3) is 0 Å². The number of rotatable bonds is 6. The molecule has 0 saturated carbocycles. The zero-order valence-electron chi connectivity index (χ0n) is 20.8. The van der Waals surface area contributed by atoms with Gasteiger partial charge < -0.3 is 0 Å². The number of nitrogens with zero attached hydrogens (tertiary/aromatic N) is 1. The second-order valence-electron chi connectivity index (χ2n) is 10.4. The molecule has 3 aliphatic rings. The molecule has 1 fully saturated rings. The molecule has 0 amide bonds. The Morgan fingerprint density at radius 3 is 2.39 bits per heavy atom. The molecule has 0 aromatic heterocycles. The van der Waals surface area contributed by atoms with Gasteiger partial charge in [-0.1, -0.05) is 60.7 Å². The van der Waals surface area contributed by atoms with Gasteiger partial charge in [0.1, 0.15) is 5.82 Å². The van der Waals surface area contributed by atoms with E-state index in [2.05, 4.69) is 59.5 Å². The lowest BCUT2D eigenvalue weighted by atomic mass is 9.85. The molecule has 1 aliphatic heterocycles. The molecule has 0 spiro atoms. The van der Waals surface area contributed by atoms with Gasteiger partial charge in [-0.25, -0.2) is 4.39 Å². The fourth-order valence-electron chi connectivity index (χ4n) is 6.31. The first-order valence-corrected chi connectivity index (χ1v) is 13.4. The third kappa shape index (κ3) is 4.46. The zero-order valence-corrected chi connectivity index (χ0v) is 20.8. The van der Waals surface area contributed by atoms with Crippen molar-refractivity contribution >= 4 is 17.2 Å². The summed E-state index contributed by atoms with van der Waals surface area (Å²) in [6.07, 6.45) is 8.93. The van der Waals surface area contributed by atoms with Crippen LogP contribution in [0.15, 0.2) is 66.2 Å². The summed E-state index contributed by atoms with van der Waals surface area (Å²) in [7, 11) is 0. The monoisotopic (exact) mass is 481 g/mol. The van der Waals surface area contributed by atoms with Gasteiger partial charge in [-0.05, 0) is 107 Å². The van der Waals surface area contributed by atoms with Crippen molar-refractivity contribution in [3.05, 3.63) is 111 Å². The van der Waals surface area contributed by atoms with Crippen LogP contribution in [0, 0.1) is 5.82 Å². The zero-order chi connectivity index (χ0) is 24.5. The fraction of sp³-hybridized carbons (Fsp3) is 0.333. The first kappa shape index (κ1) is 23.4. The summed E-state index contributed by atoms with van der Waals surface area (Å²) in [5.41, 5.74) is 12.7. The number of alkyl halides is 1. The highest BCUT2D eigenvalue weighted by molar-refractivity contribution is 6.00. The van der Waals surface area contributed by atoms with Crippen molar-refractivity contribution in [2.24, 2.45) is 0 Å². The lowest BCUT2D eigenvalue weighted by molar-refractivity contribution is 0.239. The molecule has 0 N–H and O–H groups in total. The van der Waals surface area contributed by atoms with Gasteiger partial charge in [0.2, 0.25) is 0 Å². The predicted molar refractivity (Wildman–Crippen MR) is 145 cm³/mol. The number of benzene rings is 3. The fourth-order valence-corrected chi connectivity index (χ4v) is 6.31. The SMILES string of the molecule is FCCCN1CC(=Cc2ccc(C3=C(c4ccc(F)c5c4CCC5)CCCc4ccccc43)cc2)C1. The molecule has 36 heavy (non-hydrogen) atoms. The number of hydrogen-bond acceptors (Lipinski definition) is 1. The van der Waals surface area contributed by atoms with Crippen LogP contribution in [0.25, 0.3) is 17.2 Å². The van der Waals surface area contributed by atoms with Crippen LogP contribution in [-0.4, -0.2) is 31.2 Å². The third-order valence-electron chi connectivity index (χ3n) is 8.05. The van der Waals surface area contributed by atoms with Crippen LogP contribution < -0.4 is 0 Å². The molecule has 1 nitrogen and oxygen atoms in total. The molecule has 0 atom stereocenters. The second-order valence-corrected chi connectivity index (χ2v) is 10.4. The molecular weight excluding hydrogens is 448 g/mol. The van der Waals surface area contributed by atoms with Gasteiger partial charge in [-0.15, -0.1) is 0 Å². The molecule has 184 valence electrons. The number of aryl methyl sites for hydroxylation is 1. The number of fused-ring (bicyclic) bond motifs is 2. The Kier molecular flexibility index (Phi) is 6.58. The quantitative estimate of drug-likeness (QED) is 0.349. The number of likely N-dealkylation sites (tertiary alicyclic amines) is 1. The molecule has 3 heteroatoms. The summed E-state index contributed by atoms with van der Waals surface area (Å²) in [6.45, 7) is 2.50. The van der Waals surface area contributed by atoms with Gasteiger partial charge in [-0.3, -0.25) is 9.29 Å². The summed E-state index contributed by atoms with van der Waals surface area (Å²) in [6, 6.07) is 21.5. The van der Waals surface area contributed by atoms with E-state index < -0.39 is 0 Å². The van der Waals surface area contributed by atoms with Gasteiger partial charge in [0, 0.05) is 19.6 Å². The van der Waals surface area contributed by atoms with Crippen LogP contribution in [0.4, 0.5) is 8.78 Å². The van der Waals surface area contributed by atoms with Crippen LogP contribution in [0.2, 0.25) is 0 Å². The van der Waals surface area contributed by atoms with E-state index in [1.54, 1.807) is 6.07 Å². The second kappa shape index (κ2) is 10.1. The van der Waals surface area contributed by atoms with Gasteiger partial charge in [0.05, 0.1) is 6.67 Å². The average molecular weight is 482 g/mol. The minimum atomic E-state index is -0.237. The summed E-state index contributed by atoms with van der Waals surface area (Å²) in [5.74, 6) is -0.0425. The van der Waals surface area contributed by atoms with Crippen LogP contribution in [0.1, 0.15) is 64.6 Å². The first-order chi connectivity index (χ1) is 17.7. The summed E-state index contributed by atoms with van der Waals surface area (Å²) >= 11 is 0.